The standard InChI is InChI=1S/C61H70N2O6/c1-7-13-15-17-39-68-52-31-27-50(28-32-52)63(51-29-33-53(34-30-51)69-40-18-16-14-8-2)49-25-23-46(24-26-49)45-19-21-47(22-20-45)48-41-58(56-37-35-54(64-9-3)43-60(56)66-11-5)62-59(42-48)57-38-36-55(65-10-4)44-61(57)67-12-6/h19-38,41-44H,7-18,39-40H2,1-6H3. The van der Waals surface area contributed by atoms with Crippen LogP contribution in [0, 0.1) is 0 Å². The number of ether oxygens (including phenoxy) is 6. The lowest BCUT2D eigenvalue weighted by Crippen LogP contribution is -2.10. The summed E-state index contributed by atoms with van der Waals surface area (Å²) in [5.74, 6) is 4.71. The number of hydrogen-bond donors (Lipinski definition) is 0. The second-order valence-corrected chi connectivity index (χ2v) is 16.9. The maximum absolute atomic E-state index is 6.19. The highest BCUT2D eigenvalue weighted by atomic mass is 16.5. The van der Waals surface area contributed by atoms with E-state index in [0.29, 0.717) is 37.9 Å². The van der Waals surface area contributed by atoms with Crippen LogP contribution < -0.4 is 33.3 Å². The predicted octanol–water partition coefficient (Wildman–Crippen LogP) is 16.7. The molecule has 0 N–H and O–H groups in total. The fraction of sp³-hybridized carbons (Fsp3) is 0.328. The fourth-order valence-electron chi connectivity index (χ4n) is 8.39. The number of unbranched alkanes of at least 4 members (excludes halogenated alkanes) is 6. The molecule has 7 rings (SSSR count). The van der Waals surface area contributed by atoms with E-state index in [9.17, 15) is 0 Å². The van der Waals surface area contributed by atoms with Gasteiger partial charge in [-0.05, 0) is 160 Å². The van der Waals surface area contributed by atoms with Crippen molar-refractivity contribution in [1.82, 2.24) is 4.98 Å². The Morgan fingerprint density at radius 1 is 0.333 bits per heavy atom. The van der Waals surface area contributed by atoms with Gasteiger partial charge in [-0.15, -0.1) is 0 Å². The highest BCUT2D eigenvalue weighted by Crippen LogP contribution is 2.41. The van der Waals surface area contributed by atoms with Crippen molar-refractivity contribution in [3.05, 3.63) is 146 Å². The zero-order chi connectivity index (χ0) is 48.2. The van der Waals surface area contributed by atoms with Crippen molar-refractivity contribution in [3.63, 3.8) is 0 Å². The van der Waals surface area contributed by atoms with Gasteiger partial charge in [0.25, 0.3) is 0 Å². The molecular formula is C61H70N2O6. The number of pyridine rings is 1. The maximum Gasteiger partial charge on any atom is 0.132 e. The molecule has 7 aromatic rings. The molecule has 0 spiro atoms. The Morgan fingerprint density at radius 2 is 0.696 bits per heavy atom. The minimum Gasteiger partial charge on any atom is -0.494 e. The first kappa shape index (κ1) is 50.0. The average Bonchev–Trinajstić information content (AvgIpc) is 3.38. The van der Waals surface area contributed by atoms with Gasteiger partial charge in [-0.3, -0.25) is 0 Å². The first-order valence-corrected chi connectivity index (χ1v) is 25.2. The van der Waals surface area contributed by atoms with Crippen molar-refractivity contribution in [2.24, 2.45) is 0 Å². The quantitative estimate of drug-likeness (QED) is 0.0473. The van der Waals surface area contributed by atoms with Crippen LogP contribution in [0.25, 0.3) is 44.8 Å². The summed E-state index contributed by atoms with van der Waals surface area (Å²) >= 11 is 0. The van der Waals surface area contributed by atoms with Gasteiger partial charge in [0.15, 0.2) is 0 Å². The molecule has 0 aliphatic heterocycles. The summed E-state index contributed by atoms with van der Waals surface area (Å²) in [6.45, 7) is 16.0. The number of aromatic nitrogens is 1. The molecule has 8 heteroatoms. The van der Waals surface area contributed by atoms with E-state index in [0.717, 1.165) is 111 Å². The van der Waals surface area contributed by atoms with Gasteiger partial charge < -0.3 is 33.3 Å². The Morgan fingerprint density at radius 3 is 1.09 bits per heavy atom. The minimum absolute atomic E-state index is 0.507. The van der Waals surface area contributed by atoms with Crippen molar-refractivity contribution in [2.75, 3.05) is 44.5 Å². The molecule has 0 radical (unpaired) electrons. The molecule has 360 valence electrons. The molecule has 0 saturated heterocycles. The van der Waals surface area contributed by atoms with E-state index in [1.165, 1.54) is 38.5 Å². The van der Waals surface area contributed by atoms with E-state index in [4.69, 9.17) is 33.4 Å². The summed E-state index contributed by atoms with van der Waals surface area (Å²) in [5.41, 5.74) is 10.8. The van der Waals surface area contributed by atoms with Gasteiger partial charge in [0, 0.05) is 40.3 Å². The molecule has 0 aliphatic carbocycles. The smallest absolute Gasteiger partial charge is 0.132 e. The highest BCUT2D eigenvalue weighted by molar-refractivity contribution is 5.83. The average molecular weight is 927 g/mol. The molecule has 0 fully saturated rings. The van der Waals surface area contributed by atoms with E-state index in [1.54, 1.807) is 0 Å². The summed E-state index contributed by atoms with van der Waals surface area (Å²) in [5, 5.41) is 0. The molecule has 1 heterocycles. The number of nitrogens with zero attached hydrogens (tertiary/aromatic N) is 2. The lowest BCUT2D eigenvalue weighted by Gasteiger charge is -2.26. The molecule has 0 atom stereocenters. The van der Waals surface area contributed by atoms with E-state index in [-0.39, 0.29) is 0 Å². The molecule has 6 aromatic carbocycles. The van der Waals surface area contributed by atoms with Crippen LogP contribution in [0.1, 0.15) is 92.9 Å². The van der Waals surface area contributed by atoms with Crippen LogP contribution in [0.2, 0.25) is 0 Å². The third-order valence-electron chi connectivity index (χ3n) is 11.9. The SMILES string of the molecule is CCCCCCOc1ccc(N(c2ccc(OCCCCCC)cc2)c2ccc(-c3ccc(-c4cc(-c5ccc(OCC)cc5OCC)nc(-c5ccc(OCC)cc5OCC)c4)cc3)cc2)cc1. The molecule has 0 bridgehead atoms. The maximum atomic E-state index is 6.19. The van der Waals surface area contributed by atoms with Crippen molar-refractivity contribution in [1.29, 1.82) is 0 Å². The van der Waals surface area contributed by atoms with E-state index < -0.39 is 0 Å². The number of anilines is 3. The molecule has 0 unspecified atom stereocenters. The van der Waals surface area contributed by atoms with Crippen molar-refractivity contribution < 1.29 is 28.4 Å². The van der Waals surface area contributed by atoms with Crippen LogP contribution in [0.3, 0.4) is 0 Å². The lowest BCUT2D eigenvalue weighted by molar-refractivity contribution is 0.305. The third kappa shape index (κ3) is 13.6. The van der Waals surface area contributed by atoms with Gasteiger partial charge in [0.2, 0.25) is 0 Å². The Kier molecular flexibility index (Phi) is 18.8. The summed E-state index contributed by atoms with van der Waals surface area (Å²) in [6.07, 6.45) is 9.41. The Balaban J connectivity index is 1.19. The van der Waals surface area contributed by atoms with E-state index in [1.807, 2.05) is 64.1 Å². The predicted molar refractivity (Wildman–Crippen MR) is 285 cm³/mol. The Bertz CT molecular complexity index is 2490. The van der Waals surface area contributed by atoms with Crippen LogP contribution in [0.15, 0.2) is 146 Å². The van der Waals surface area contributed by atoms with Gasteiger partial charge in [-0.2, -0.15) is 0 Å². The van der Waals surface area contributed by atoms with Crippen LogP contribution in [0.4, 0.5) is 17.1 Å². The van der Waals surface area contributed by atoms with E-state index in [2.05, 4.69) is 128 Å². The number of rotatable bonds is 27. The van der Waals surface area contributed by atoms with Crippen LogP contribution in [0.5, 0.6) is 34.5 Å². The normalized spacial score (nSPS) is 11.0. The first-order chi connectivity index (χ1) is 33.9. The molecule has 1 aromatic heterocycles. The minimum atomic E-state index is 0.507. The topological polar surface area (TPSA) is 71.5 Å². The zero-order valence-corrected chi connectivity index (χ0v) is 41.6. The molecule has 8 nitrogen and oxygen atoms in total. The van der Waals surface area contributed by atoms with Gasteiger partial charge in [0.05, 0.1) is 51.0 Å². The zero-order valence-electron chi connectivity index (χ0n) is 41.6. The van der Waals surface area contributed by atoms with Crippen LogP contribution in [-0.2, 0) is 0 Å². The summed E-state index contributed by atoms with van der Waals surface area (Å²) in [4.78, 5) is 7.54. The fourth-order valence-corrected chi connectivity index (χ4v) is 8.39. The number of benzene rings is 6. The van der Waals surface area contributed by atoms with Crippen LogP contribution >= 0.6 is 0 Å². The Labute approximate surface area is 411 Å². The van der Waals surface area contributed by atoms with Crippen molar-refractivity contribution in [3.8, 4) is 79.3 Å². The monoisotopic (exact) mass is 927 g/mol. The molecule has 0 aliphatic rings. The molecular weight excluding hydrogens is 857 g/mol. The summed E-state index contributed by atoms with van der Waals surface area (Å²) in [6, 6.07) is 50.6. The third-order valence-corrected chi connectivity index (χ3v) is 11.9. The second-order valence-electron chi connectivity index (χ2n) is 16.9. The first-order valence-electron chi connectivity index (χ1n) is 25.2. The summed E-state index contributed by atoms with van der Waals surface area (Å²) < 4.78 is 36.3. The largest absolute Gasteiger partial charge is 0.494 e. The number of hydrogen-bond acceptors (Lipinski definition) is 8. The molecule has 69 heavy (non-hydrogen) atoms. The van der Waals surface area contributed by atoms with E-state index >= 15 is 0 Å². The Hall–Kier alpha value is -6.93. The van der Waals surface area contributed by atoms with Gasteiger partial charge in [-0.25, -0.2) is 4.98 Å². The van der Waals surface area contributed by atoms with Gasteiger partial charge >= 0.3 is 0 Å². The van der Waals surface area contributed by atoms with Crippen molar-refractivity contribution in [2.45, 2.75) is 92.9 Å². The van der Waals surface area contributed by atoms with Crippen molar-refractivity contribution >= 4 is 17.1 Å². The summed E-state index contributed by atoms with van der Waals surface area (Å²) in [7, 11) is 0. The second kappa shape index (κ2) is 26.0. The van der Waals surface area contributed by atoms with Gasteiger partial charge in [0.1, 0.15) is 34.5 Å². The highest BCUT2D eigenvalue weighted by Gasteiger charge is 2.18. The van der Waals surface area contributed by atoms with Gasteiger partial charge in [-0.1, -0.05) is 88.8 Å². The molecule has 0 saturated carbocycles. The van der Waals surface area contributed by atoms with Crippen LogP contribution in [-0.4, -0.2) is 44.6 Å². The molecule has 0 amide bonds. The lowest BCUT2D eigenvalue weighted by atomic mass is 9.97.